The first-order valence-corrected chi connectivity index (χ1v) is 7.54. The molecular formula is C17H23ClF2Pd-4. The van der Waals surface area contributed by atoms with Crippen molar-refractivity contribution in [3.05, 3.63) is 55.1 Å². The average Bonchev–Trinajstić information content (AvgIpc) is 3.20. The normalized spacial score (nSPS) is 15.2. The van der Waals surface area contributed by atoms with E-state index < -0.39 is 11.6 Å². The van der Waals surface area contributed by atoms with Gasteiger partial charge in [0.2, 0.25) is 0 Å². The molecule has 0 spiro atoms. The van der Waals surface area contributed by atoms with Crippen LogP contribution in [0.1, 0.15) is 51.4 Å². The minimum Gasteiger partial charge on any atom is -0.352 e. The Morgan fingerprint density at radius 2 is 1.19 bits per heavy atom. The second kappa shape index (κ2) is 18.1. The van der Waals surface area contributed by atoms with Gasteiger partial charge >= 0.3 is 0 Å². The van der Waals surface area contributed by atoms with Gasteiger partial charge in [0.1, 0.15) is 0 Å². The summed E-state index contributed by atoms with van der Waals surface area (Å²) in [5.74, 6) is -1.19. The summed E-state index contributed by atoms with van der Waals surface area (Å²) in [4.78, 5) is 0. The zero-order chi connectivity index (χ0) is 15.1. The van der Waals surface area contributed by atoms with Crippen LogP contribution in [-0.4, -0.2) is 0 Å². The van der Waals surface area contributed by atoms with Crippen LogP contribution >= 0.6 is 11.6 Å². The first-order chi connectivity index (χ1) is 9.79. The molecule has 0 atom stereocenters. The molecule has 1 aromatic rings. The summed E-state index contributed by atoms with van der Waals surface area (Å²) >= 11 is 4.39. The average molecular weight is 407 g/mol. The van der Waals surface area contributed by atoms with Crippen LogP contribution in [0.3, 0.4) is 0 Å². The maximum atomic E-state index is 11.9. The van der Waals surface area contributed by atoms with Gasteiger partial charge in [0, 0.05) is 32.1 Å². The summed E-state index contributed by atoms with van der Waals surface area (Å²) in [6.07, 6.45) is 18.7. The molecule has 0 radical (unpaired) electrons. The van der Waals surface area contributed by atoms with E-state index in [0.29, 0.717) is 0 Å². The van der Waals surface area contributed by atoms with Crippen molar-refractivity contribution in [1.29, 1.82) is 0 Å². The van der Waals surface area contributed by atoms with Gasteiger partial charge in [-0.15, -0.1) is 18.2 Å². The molecule has 0 aromatic heterocycles. The van der Waals surface area contributed by atoms with Gasteiger partial charge in [-0.3, -0.25) is 15.2 Å². The van der Waals surface area contributed by atoms with Crippen LogP contribution in [0.5, 0.6) is 0 Å². The van der Waals surface area contributed by atoms with E-state index >= 15 is 0 Å². The van der Waals surface area contributed by atoms with Crippen LogP contribution in [0.25, 0.3) is 0 Å². The number of halogens is 3. The summed E-state index contributed by atoms with van der Waals surface area (Å²) in [5, 5.41) is 0. The zero-order valence-electron chi connectivity index (χ0n) is 12.2. The zero-order valence-corrected chi connectivity index (χ0v) is 14.5. The molecule has 0 nitrogen and oxygen atoms in total. The molecule has 21 heavy (non-hydrogen) atoms. The first kappa shape index (κ1) is 23.3. The summed E-state index contributed by atoms with van der Waals surface area (Å²) < 4.78 is 23.8. The SMILES string of the molecule is Fc1c[c-]cc(F)c1.[CH-]1CCCC1.[CH-]1CCCC1.[CH2-]Cl.[Pd]. The number of rotatable bonds is 0. The van der Waals surface area contributed by atoms with Gasteiger partial charge in [-0.1, -0.05) is 25.7 Å². The third-order valence-electron chi connectivity index (χ3n) is 2.85. The molecule has 126 valence electrons. The standard InChI is InChI=1S/C6H3F2.2C5H9.CH2Cl.Pd/c7-5-2-1-3-6(8)4-5;2*1-2-4-5-3-1;1-2;/h2-4H;2*1H,2-5H2;1H2;/q4*-1;. The Hall–Kier alpha value is 0.0323. The fourth-order valence-electron chi connectivity index (χ4n) is 1.86. The molecule has 0 bridgehead atoms. The van der Waals surface area contributed by atoms with E-state index in [4.69, 9.17) is 0 Å². The van der Waals surface area contributed by atoms with Crippen molar-refractivity contribution in [2.75, 3.05) is 0 Å². The van der Waals surface area contributed by atoms with Gasteiger partial charge in [0.25, 0.3) is 0 Å². The van der Waals surface area contributed by atoms with Crippen molar-refractivity contribution in [2.24, 2.45) is 0 Å². The number of benzene rings is 1. The van der Waals surface area contributed by atoms with Crippen LogP contribution in [0.2, 0.25) is 0 Å². The molecule has 0 N–H and O–H groups in total. The summed E-state index contributed by atoms with van der Waals surface area (Å²) in [7, 11) is 0. The van der Waals surface area contributed by atoms with Gasteiger partial charge in [-0.05, 0) is 0 Å². The number of hydrogen-bond acceptors (Lipinski definition) is 0. The largest absolute Gasteiger partial charge is 0.352 e. The molecular weight excluding hydrogens is 384 g/mol. The van der Waals surface area contributed by atoms with Crippen LogP contribution in [0.15, 0.2) is 18.2 Å². The van der Waals surface area contributed by atoms with E-state index in [1.54, 1.807) is 0 Å². The molecule has 2 fully saturated rings. The third kappa shape index (κ3) is 16.2. The molecule has 2 saturated carbocycles. The molecule has 2 aliphatic rings. The summed E-state index contributed by atoms with van der Waals surface area (Å²) in [5.41, 5.74) is 0. The van der Waals surface area contributed by atoms with Crippen LogP contribution in [0.4, 0.5) is 8.78 Å². The second-order valence-corrected chi connectivity index (χ2v) is 4.52. The Morgan fingerprint density at radius 3 is 1.33 bits per heavy atom. The molecule has 4 heteroatoms. The predicted octanol–water partition coefficient (Wildman–Crippen LogP) is 6.31. The smallest absolute Gasteiger partial charge is 0.0114 e. The minimum absolute atomic E-state index is 0. The Balaban J connectivity index is 0. The predicted molar refractivity (Wildman–Crippen MR) is 81.9 cm³/mol. The quantitative estimate of drug-likeness (QED) is 0.349. The maximum absolute atomic E-state index is 11.9. The number of hydrogen-bond donors (Lipinski definition) is 0. The Morgan fingerprint density at radius 1 is 0.857 bits per heavy atom. The van der Waals surface area contributed by atoms with Gasteiger partial charge in [0.05, 0.1) is 0 Å². The van der Waals surface area contributed by atoms with Crippen LogP contribution in [0, 0.1) is 36.9 Å². The van der Waals surface area contributed by atoms with E-state index in [9.17, 15) is 8.78 Å². The van der Waals surface area contributed by atoms with E-state index in [0.717, 1.165) is 18.2 Å². The Kier molecular flexibility index (Phi) is 20.1. The van der Waals surface area contributed by atoms with Gasteiger partial charge in [0.15, 0.2) is 0 Å². The Labute approximate surface area is 147 Å². The van der Waals surface area contributed by atoms with Crippen molar-refractivity contribution >= 4 is 11.6 Å². The van der Waals surface area contributed by atoms with Crippen molar-refractivity contribution in [1.82, 2.24) is 0 Å². The molecule has 0 saturated heterocycles. The first-order valence-electron chi connectivity index (χ1n) is 7.01. The van der Waals surface area contributed by atoms with Crippen molar-refractivity contribution < 1.29 is 29.2 Å². The fraction of sp³-hybridized carbons (Fsp3) is 0.471. The molecule has 0 unspecified atom stereocenters. The summed E-state index contributed by atoms with van der Waals surface area (Å²) in [6, 6.07) is 5.23. The molecule has 1 aromatic carbocycles. The summed E-state index contributed by atoms with van der Waals surface area (Å²) in [6.45, 7) is 0. The topological polar surface area (TPSA) is 0 Å². The molecule has 0 heterocycles. The van der Waals surface area contributed by atoms with Crippen molar-refractivity contribution in [2.45, 2.75) is 51.4 Å². The molecule has 2 aliphatic carbocycles. The van der Waals surface area contributed by atoms with Crippen molar-refractivity contribution in [3.63, 3.8) is 0 Å². The monoisotopic (exact) mass is 406 g/mol. The minimum atomic E-state index is -0.593. The second-order valence-electron chi connectivity index (χ2n) is 4.52. The van der Waals surface area contributed by atoms with Crippen molar-refractivity contribution in [3.8, 4) is 0 Å². The van der Waals surface area contributed by atoms with Gasteiger partial charge < -0.3 is 24.4 Å². The Bertz CT molecular complexity index is 271. The van der Waals surface area contributed by atoms with E-state index in [1.165, 1.54) is 51.4 Å². The van der Waals surface area contributed by atoms with Crippen LogP contribution < -0.4 is 0 Å². The van der Waals surface area contributed by atoms with Gasteiger partial charge in [-0.2, -0.15) is 31.7 Å². The van der Waals surface area contributed by atoms with E-state index in [1.807, 2.05) is 0 Å². The molecule has 0 aliphatic heterocycles. The maximum Gasteiger partial charge on any atom is 0.0114 e. The van der Waals surface area contributed by atoms with Gasteiger partial charge in [-0.25, -0.2) is 0 Å². The molecule has 3 rings (SSSR count). The third-order valence-corrected chi connectivity index (χ3v) is 2.85. The van der Waals surface area contributed by atoms with E-state index in [2.05, 4.69) is 36.9 Å². The van der Waals surface area contributed by atoms with E-state index in [-0.39, 0.29) is 20.4 Å². The molecule has 0 amide bonds. The fourth-order valence-corrected chi connectivity index (χ4v) is 1.86. The van der Waals surface area contributed by atoms with Crippen LogP contribution in [-0.2, 0) is 20.4 Å².